The lowest BCUT2D eigenvalue weighted by molar-refractivity contribution is -0.145. The fourth-order valence-electron chi connectivity index (χ4n) is 2.09. The molecule has 0 aromatic heterocycles. The maximum absolute atomic E-state index is 12.0. The summed E-state index contributed by atoms with van der Waals surface area (Å²) >= 11 is 3.41. The van der Waals surface area contributed by atoms with Crippen molar-refractivity contribution in [3.05, 3.63) is 22.7 Å². The number of amides is 1. The van der Waals surface area contributed by atoms with E-state index >= 15 is 0 Å². The van der Waals surface area contributed by atoms with Crippen LogP contribution in [0.1, 0.15) is 6.42 Å². The van der Waals surface area contributed by atoms with Crippen LogP contribution >= 0.6 is 15.9 Å². The first-order valence-electron chi connectivity index (χ1n) is 5.78. The van der Waals surface area contributed by atoms with E-state index in [0.29, 0.717) is 18.0 Å². The van der Waals surface area contributed by atoms with Gasteiger partial charge in [-0.1, -0.05) is 0 Å². The molecule has 1 saturated heterocycles. The van der Waals surface area contributed by atoms with E-state index in [2.05, 4.69) is 20.7 Å². The van der Waals surface area contributed by atoms with E-state index in [1.807, 2.05) is 6.07 Å². The third-order valence-electron chi connectivity index (χ3n) is 3.10. The summed E-state index contributed by atoms with van der Waals surface area (Å²) in [6.45, 7) is 0.331. The van der Waals surface area contributed by atoms with Crippen LogP contribution in [0.4, 0.5) is 5.69 Å². The smallest absolute Gasteiger partial charge is 0.311 e. The molecule has 19 heavy (non-hydrogen) atoms. The van der Waals surface area contributed by atoms with Gasteiger partial charge < -0.3 is 14.4 Å². The Kier molecular flexibility index (Phi) is 4.09. The van der Waals surface area contributed by atoms with E-state index in [0.717, 1.165) is 4.47 Å². The summed E-state index contributed by atoms with van der Waals surface area (Å²) in [5, 5.41) is 0. The molecule has 1 aromatic carbocycles. The number of ether oxygens (including phenoxy) is 2. The highest BCUT2D eigenvalue weighted by Gasteiger charge is 2.36. The largest absolute Gasteiger partial charge is 0.497 e. The Bertz CT molecular complexity index is 517. The number of methoxy groups -OCH3 is 2. The van der Waals surface area contributed by atoms with Crippen molar-refractivity contribution in [3.63, 3.8) is 0 Å². The Morgan fingerprint density at radius 3 is 2.79 bits per heavy atom. The number of esters is 1. The first-order valence-corrected chi connectivity index (χ1v) is 6.58. The molecular formula is C13H14BrNO4. The summed E-state index contributed by atoms with van der Waals surface area (Å²) in [7, 11) is 2.90. The third-order valence-corrected chi connectivity index (χ3v) is 3.77. The quantitative estimate of drug-likeness (QED) is 0.796. The monoisotopic (exact) mass is 327 g/mol. The van der Waals surface area contributed by atoms with Crippen LogP contribution in [-0.4, -0.2) is 32.6 Å². The van der Waals surface area contributed by atoms with Gasteiger partial charge in [0.15, 0.2) is 0 Å². The van der Waals surface area contributed by atoms with Crippen LogP contribution in [0.2, 0.25) is 0 Å². The second kappa shape index (κ2) is 5.61. The van der Waals surface area contributed by atoms with Gasteiger partial charge in [0.25, 0.3) is 0 Å². The molecule has 5 nitrogen and oxygen atoms in total. The van der Waals surface area contributed by atoms with E-state index in [1.165, 1.54) is 7.11 Å². The number of hydrogen-bond acceptors (Lipinski definition) is 4. The summed E-state index contributed by atoms with van der Waals surface area (Å²) in [5.74, 6) is -0.192. The number of rotatable bonds is 3. The van der Waals surface area contributed by atoms with Crippen molar-refractivity contribution in [1.82, 2.24) is 0 Å². The summed E-state index contributed by atoms with van der Waals surface area (Å²) in [5.41, 5.74) is 0.704. The molecule has 0 saturated carbocycles. The minimum absolute atomic E-state index is 0.0932. The van der Waals surface area contributed by atoms with Gasteiger partial charge in [-0.2, -0.15) is 0 Å². The molecule has 1 fully saturated rings. The number of carbonyl (C=O) groups excluding carboxylic acids is 2. The van der Waals surface area contributed by atoms with Gasteiger partial charge in [0.05, 0.1) is 25.8 Å². The molecule has 0 bridgehead atoms. The second-order valence-electron chi connectivity index (χ2n) is 4.25. The highest BCUT2D eigenvalue weighted by atomic mass is 79.9. The van der Waals surface area contributed by atoms with Crippen molar-refractivity contribution < 1.29 is 19.1 Å². The highest BCUT2D eigenvalue weighted by Crippen LogP contribution is 2.34. The molecule has 102 valence electrons. The van der Waals surface area contributed by atoms with Crippen molar-refractivity contribution in [3.8, 4) is 5.75 Å². The van der Waals surface area contributed by atoms with Crippen molar-refractivity contribution in [2.75, 3.05) is 25.7 Å². The zero-order valence-electron chi connectivity index (χ0n) is 10.7. The van der Waals surface area contributed by atoms with Gasteiger partial charge >= 0.3 is 5.97 Å². The molecule has 1 unspecified atom stereocenters. The van der Waals surface area contributed by atoms with Crippen molar-refractivity contribution in [2.24, 2.45) is 5.92 Å². The predicted octanol–water partition coefficient (Wildman–Crippen LogP) is 1.98. The number of halogens is 1. The van der Waals surface area contributed by atoms with Crippen LogP contribution in [0.5, 0.6) is 5.75 Å². The van der Waals surface area contributed by atoms with Crippen molar-refractivity contribution in [1.29, 1.82) is 0 Å². The third kappa shape index (κ3) is 2.73. The maximum Gasteiger partial charge on any atom is 0.311 e. The molecule has 0 radical (unpaired) electrons. The molecular weight excluding hydrogens is 314 g/mol. The summed E-state index contributed by atoms with van der Waals surface area (Å²) in [4.78, 5) is 25.1. The van der Waals surface area contributed by atoms with Gasteiger partial charge in [-0.3, -0.25) is 9.59 Å². The number of nitrogens with zero attached hydrogens (tertiary/aromatic N) is 1. The molecule has 1 heterocycles. The zero-order valence-corrected chi connectivity index (χ0v) is 12.3. The summed E-state index contributed by atoms with van der Waals surface area (Å²) in [6, 6.07) is 5.38. The first kappa shape index (κ1) is 13.9. The van der Waals surface area contributed by atoms with E-state index in [1.54, 1.807) is 24.1 Å². The lowest BCUT2D eigenvalue weighted by Crippen LogP contribution is -2.26. The van der Waals surface area contributed by atoms with Crippen LogP contribution in [-0.2, 0) is 14.3 Å². The second-order valence-corrected chi connectivity index (χ2v) is 5.10. The minimum atomic E-state index is -0.407. The minimum Gasteiger partial charge on any atom is -0.497 e. The Hall–Kier alpha value is -1.56. The van der Waals surface area contributed by atoms with Gasteiger partial charge in [0.2, 0.25) is 5.91 Å². The SMILES string of the molecule is COC(=O)C1CC(=O)N(c2cc(OC)ccc2Br)C1. The molecule has 0 spiro atoms. The number of carbonyl (C=O) groups is 2. The molecule has 2 rings (SSSR count). The average molecular weight is 328 g/mol. The van der Waals surface area contributed by atoms with Gasteiger partial charge in [-0.05, 0) is 28.1 Å². The summed E-state index contributed by atoms with van der Waals surface area (Å²) in [6.07, 6.45) is 0.177. The van der Waals surface area contributed by atoms with Crippen LogP contribution < -0.4 is 9.64 Å². The molecule has 1 amide bonds. The van der Waals surface area contributed by atoms with Gasteiger partial charge in [0, 0.05) is 23.5 Å². The average Bonchev–Trinajstić information content (AvgIpc) is 2.80. The fraction of sp³-hybridized carbons (Fsp3) is 0.385. The Morgan fingerprint density at radius 2 is 2.16 bits per heavy atom. The van der Waals surface area contributed by atoms with Crippen molar-refractivity contribution in [2.45, 2.75) is 6.42 Å². The van der Waals surface area contributed by atoms with E-state index < -0.39 is 5.92 Å². The number of anilines is 1. The van der Waals surface area contributed by atoms with Crippen LogP contribution in [0.15, 0.2) is 22.7 Å². The Balaban J connectivity index is 2.27. The van der Waals surface area contributed by atoms with Crippen LogP contribution in [0.25, 0.3) is 0 Å². The zero-order chi connectivity index (χ0) is 14.0. The van der Waals surface area contributed by atoms with E-state index in [-0.39, 0.29) is 18.3 Å². The topological polar surface area (TPSA) is 55.8 Å². The summed E-state index contributed by atoms with van der Waals surface area (Å²) < 4.78 is 10.6. The predicted molar refractivity (Wildman–Crippen MR) is 73.2 cm³/mol. The first-order chi connectivity index (χ1) is 9.06. The van der Waals surface area contributed by atoms with E-state index in [4.69, 9.17) is 4.74 Å². The van der Waals surface area contributed by atoms with Gasteiger partial charge in [-0.15, -0.1) is 0 Å². The van der Waals surface area contributed by atoms with Gasteiger partial charge in [-0.25, -0.2) is 0 Å². The molecule has 0 N–H and O–H groups in total. The Morgan fingerprint density at radius 1 is 1.42 bits per heavy atom. The lowest BCUT2D eigenvalue weighted by Gasteiger charge is -2.18. The van der Waals surface area contributed by atoms with Gasteiger partial charge in [0.1, 0.15) is 5.75 Å². The standard InChI is InChI=1S/C13H14BrNO4/c1-18-9-3-4-10(14)11(6-9)15-7-8(5-12(15)16)13(17)19-2/h3-4,6,8H,5,7H2,1-2H3. The van der Waals surface area contributed by atoms with Crippen LogP contribution in [0.3, 0.4) is 0 Å². The molecule has 1 aromatic rings. The molecule has 6 heteroatoms. The maximum atomic E-state index is 12.0. The number of benzene rings is 1. The molecule has 1 atom stereocenters. The molecule has 1 aliphatic heterocycles. The fourth-order valence-corrected chi connectivity index (χ4v) is 2.55. The molecule has 0 aliphatic carbocycles. The highest BCUT2D eigenvalue weighted by molar-refractivity contribution is 9.10. The molecule has 1 aliphatic rings. The van der Waals surface area contributed by atoms with Crippen LogP contribution in [0, 0.1) is 5.92 Å². The Labute approximate surface area is 119 Å². The van der Waals surface area contributed by atoms with E-state index in [9.17, 15) is 9.59 Å². The lowest BCUT2D eigenvalue weighted by atomic mass is 10.1. The normalized spacial score (nSPS) is 18.6. The number of hydrogen-bond donors (Lipinski definition) is 0. The van der Waals surface area contributed by atoms with Crippen molar-refractivity contribution >= 4 is 33.5 Å².